The van der Waals surface area contributed by atoms with Crippen molar-refractivity contribution < 1.29 is 19.0 Å². The van der Waals surface area contributed by atoms with Gasteiger partial charge in [-0.1, -0.05) is 22.0 Å². The van der Waals surface area contributed by atoms with E-state index in [4.69, 9.17) is 14.2 Å². The average Bonchev–Trinajstić information content (AvgIpc) is 2.41. The van der Waals surface area contributed by atoms with Crippen molar-refractivity contribution in [3.8, 4) is 5.75 Å². The molecule has 124 valence electrons. The first kappa shape index (κ1) is 18.8. The van der Waals surface area contributed by atoms with Crippen LogP contribution in [-0.4, -0.2) is 38.6 Å². The number of ether oxygens (including phenoxy) is 3. The largest absolute Gasteiger partial charge is 0.496 e. The third-order valence-corrected chi connectivity index (χ3v) is 3.17. The third kappa shape index (κ3) is 7.66. The van der Waals surface area contributed by atoms with Gasteiger partial charge < -0.3 is 19.5 Å². The molecule has 22 heavy (non-hydrogen) atoms. The first-order chi connectivity index (χ1) is 10.3. The van der Waals surface area contributed by atoms with Gasteiger partial charge in [0.15, 0.2) is 0 Å². The summed E-state index contributed by atoms with van der Waals surface area (Å²) in [6, 6.07) is 5.91. The Hall–Kier alpha value is -1.27. The van der Waals surface area contributed by atoms with E-state index in [1.54, 1.807) is 7.11 Å². The summed E-state index contributed by atoms with van der Waals surface area (Å²) in [6.45, 7) is 6.91. The van der Waals surface area contributed by atoms with Gasteiger partial charge in [0.1, 0.15) is 11.4 Å². The molecule has 0 spiro atoms. The highest BCUT2D eigenvalue weighted by Crippen LogP contribution is 2.23. The molecule has 5 nitrogen and oxygen atoms in total. The van der Waals surface area contributed by atoms with Crippen molar-refractivity contribution >= 4 is 22.0 Å². The van der Waals surface area contributed by atoms with E-state index in [2.05, 4.69) is 21.2 Å². The minimum atomic E-state index is -0.483. The van der Waals surface area contributed by atoms with Crippen LogP contribution in [0.15, 0.2) is 22.7 Å². The van der Waals surface area contributed by atoms with Crippen LogP contribution >= 0.6 is 15.9 Å². The molecular formula is C16H24BrNO4. The van der Waals surface area contributed by atoms with Gasteiger partial charge >= 0.3 is 6.09 Å². The highest BCUT2D eigenvalue weighted by atomic mass is 79.9. The van der Waals surface area contributed by atoms with Gasteiger partial charge in [-0.15, -0.1) is 0 Å². The maximum absolute atomic E-state index is 11.4. The number of hydrogen-bond acceptors (Lipinski definition) is 4. The lowest BCUT2D eigenvalue weighted by Crippen LogP contribution is -2.34. The number of amides is 1. The number of carbonyl (C=O) groups is 1. The number of nitrogens with one attached hydrogen (secondary N) is 1. The van der Waals surface area contributed by atoms with Gasteiger partial charge in [-0.25, -0.2) is 4.79 Å². The van der Waals surface area contributed by atoms with Gasteiger partial charge in [-0.3, -0.25) is 0 Å². The molecular weight excluding hydrogens is 350 g/mol. The predicted octanol–water partition coefficient (Wildman–Crippen LogP) is 3.54. The average molecular weight is 374 g/mol. The summed E-state index contributed by atoms with van der Waals surface area (Å²) in [5.74, 6) is 0.838. The second-order valence-electron chi connectivity index (χ2n) is 5.75. The fourth-order valence-electron chi connectivity index (χ4n) is 1.75. The molecule has 1 rings (SSSR count). The Bertz CT molecular complexity index is 486. The zero-order valence-corrected chi connectivity index (χ0v) is 15.2. The number of methoxy groups -OCH3 is 1. The number of benzene rings is 1. The van der Waals surface area contributed by atoms with Crippen LogP contribution < -0.4 is 10.1 Å². The third-order valence-electron chi connectivity index (χ3n) is 2.68. The van der Waals surface area contributed by atoms with Crippen molar-refractivity contribution in [2.75, 3.05) is 26.9 Å². The monoisotopic (exact) mass is 373 g/mol. The van der Waals surface area contributed by atoms with E-state index in [9.17, 15) is 4.79 Å². The molecule has 0 saturated heterocycles. The molecule has 0 radical (unpaired) electrons. The van der Waals surface area contributed by atoms with Crippen LogP contribution in [0.2, 0.25) is 0 Å². The summed E-state index contributed by atoms with van der Waals surface area (Å²) in [5, 5.41) is 2.65. The zero-order valence-electron chi connectivity index (χ0n) is 13.6. The number of halogens is 1. The molecule has 0 bridgehead atoms. The Labute approximate surface area is 140 Å². The van der Waals surface area contributed by atoms with Crippen LogP contribution in [0.4, 0.5) is 4.79 Å². The quantitative estimate of drug-likeness (QED) is 0.742. The first-order valence-corrected chi connectivity index (χ1v) is 7.98. The van der Waals surface area contributed by atoms with E-state index in [0.717, 1.165) is 22.2 Å². The fraction of sp³-hybridized carbons (Fsp3) is 0.562. The van der Waals surface area contributed by atoms with Crippen molar-refractivity contribution in [1.82, 2.24) is 5.32 Å². The van der Waals surface area contributed by atoms with Crippen LogP contribution in [0.5, 0.6) is 5.75 Å². The molecule has 0 heterocycles. The smallest absolute Gasteiger partial charge is 0.407 e. The lowest BCUT2D eigenvalue weighted by Gasteiger charge is -2.19. The topological polar surface area (TPSA) is 56.8 Å². The minimum Gasteiger partial charge on any atom is -0.496 e. The van der Waals surface area contributed by atoms with E-state index in [1.165, 1.54) is 0 Å². The summed E-state index contributed by atoms with van der Waals surface area (Å²) < 4.78 is 16.9. The molecule has 0 unspecified atom stereocenters. The van der Waals surface area contributed by atoms with Crippen molar-refractivity contribution in [1.29, 1.82) is 0 Å². The second kappa shape index (κ2) is 9.00. The normalized spacial score (nSPS) is 11.1. The SMILES string of the molecule is COc1cc(Br)ccc1CCOCCNC(=O)OC(C)(C)C. The molecule has 0 aliphatic carbocycles. The molecule has 1 aromatic carbocycles. The van der Waals surface area contributed by atoms with Gasteiger partial charge in [0.25, 0.3) is 0 Å². The Morgan fingerprint density at radius 3 is 2.64 bits per heavy atom. The number of alkyl carbamates (subject to hydrolysis) is 1. The summed E-state index contributed by atoms with van der Waals surface area (Å²) >= 11 is 3.41. The van der Waals surface area contributed by atoms with Crippen LogP contribution in [0.3, 0.4) is 0 Å². The molecule has 0 atom stereocenters. The van der Waals surface area contributed by atoms with Crippen LogP contribution in [-0.2, 0) is 15.9 Å². The lowest BCUT2D eigenvalue weighted by atomic mass is 10.1. The Morgan fingerprint density at radius 2 is 2.00 bits per heavy atom. The van der Waals surface area contributed by atoms with Crippen molar-refractivity contribution in [3.63, 3.8) is 0 Å². The molecule has 1 aromatic rings. The number of carbonyl (C=O) groups excluding carboxylic acids is 1. The summed E-state index contributed by atoms with van der Waals surface area (Å²) in [7, 11) is 1.65. The summed E-state index contributed by atoms with van der Waals surface area (Å²) in [5.41, 5.74) is 0.606. The fourth-order valence-corrected chi connectivity index (χ4v) is 2.09. The predicted molar refractivity (Wildman–Crippen MR) is 89.5 cm³/mol. The van der Waals surface area contributed by atoms with E-state index < -0.39 is 11.7 Å². The summed E-state index contributed by atoms with van der Waals surface area (Å²) in [4.78, 5) is 11.4. The van der Waals surface area contributed by atoms with Crippen molar-refractivity contribution in [2.24, 2.45) is 0 Å². The van der Waals surface area contributed by atoms with Crippen molar-refractivity contribution in [2.45, 2.75) is 32.8 Å². The lowest BCUT2D eigenvalue weighted by molar-refractivity contribution is 0.0500. The first-order valence-electron chi connectivity index (χ1n) is 7.19. The molecule has 0 saturated carbocycles. The minimum absolute atomic E-state index is 0.423. The molecule has 1 amide bonds. The second-order valence-corrected chi connectivity index (χ2v) is 6.66. The molecule has 0 aromatic heterocycles. The van der Waals surface area contributed by atoms with E-state index in [-0.39, 0.29) is 0 Å². The van der Waals surface area contributed by atoms with Gasteiger partial charge in [0.05, 0.1) is 20.3 Å². The Kier molecular flexibility index (Phi) is 7.68. The van der Waals surface area contributed by atoms with Gasteiger partial charge in [0, 0.05) is 11.0 Å². The highest BCUT2D eigenvalue weighted by molar-refractivity contribution is 9.10. The van der Waals surface area contributed by atoms with Crippen LogP contribution in [0, 0.1) is 0 Å². The molecule has 0 fully saturated rings. The van der Waals surface area contributed by atoms with Crippen LogP contribution in [0.25, 0.3) is 0 Å². The maximum atomic E-state index is 11.4. The Morgan fingerprint density at radius 1 is 1.27 bits per heavy atom. The van der Waals surface area contributed by atoms with Gasteiger partial charge in [-0.2, -0.15) is 0 Å². The number of hydrogen-bond donors (Lipinski definition) is 1. The van der Waals surface area contributed by atoms with E-state index >= 15 is 0 Å². The van der Waals surface area contributed by atoms with E-state index in [0.29, 0.717) is 19.8 Å². The molecule has 1 N–H and O–H groups in total. The highest BCUT2D eigenvalue weighted by Gasteiger charge is 2.15. The standard InChI is InChI=1S/C16H24BrNO4/c1-16(2,3)22-15(19)18-8-10-21-9-7-12-5-6-13(17)11-14(12)20-4/h5-6,11H,7-10H2,1-4H3,(H,18,19). The molecule has 0 aliphatic heterocycles. The maximum Gasteiger partial charge on any atom is 0.407 e. The van der Waals surface area contributed by atoms with Gasteiger partial charge in [-0.05, 0) is 44.9 Å². The zero-order chi connectivity index (χ0) is 16.6. The van der Waals surface area contributed by atoms with Crippen molar-refractivity contribution in [3.05, 3.63) is 28.2 Å². The number of rotatable bonds is 7. The summed E-state index contributed by atoms with van der Waals surface area (Å²) in [6.07, 6.45) is 0.328. The van der Waals surface area contributed by atoms with Gasteiger partial charge in [0.2, 0.25) is 0 Å². The Balaban J connectivity index is 2.20. The molecule has 6 heteroatoms. The molecule has 0 aliphatic rings. The van der Waals surface area contributed by atoms with Crippen LogP contribution in [0.1, 0.15) is 26.3 Å². The van der Waals surface area contributed by atoms with E-state index in [1.807, 2.05) is 39.0 Å².